The fourth-order valence-corrected chi connectivity index (χ4v) is 3.05. The number of hydrogen-bond acceptors (Lipinski definition) is 3. The maximum Gasteiger partial charge on any atom is 0.119 e. The van der Waals surface area contributed by atoms with Gasteiger partial charge in [-0.05, 0) is 60.8 Å². The van der Waals surface area contributed by atoms with Crippen LogP contribution in [0.2, 0.25) is 0 Å². The van der Waals surface area contributed by atoms with E-state index >= 15 is 0 Å². The maximum atomic E-state index is 9.41. The number of phenols is 1. The molecule has 0 aromatic heterocycles. The average molecular weight is 283 g/mol. The lowest BCUT2D eigenvalue weighted by Crippen LogP contribution is -2.33. The Morgan fingerprint density at radius 2 is 1.95 bits per heavy atom. The summed E-state index contributed by atoms with van der Waals surface area (Å²) in [5.41, 5.74) is 4.01. The lowest BCUT2D eigenvalue weighted by Gasteiger charge is -2.35. The molecule has 0 saturated carbocycles. The first-order valence-corrected chi connectivity index (χ1v) is 7.32. The normalized spacial score (nSPS) is 18.3. The second-order valence-corrected chi connectivity index (χ2v) is 5.68. The topological polar surface area (TPSA) is 32.7 Å². The third-order valence-electron chi connectivity index (χ3n) is 4.34. The molecule has 0 aliphatic carbocycles. The highest BCUT2D eigenvalue weighted by Gasteiger charge is 2.25. The van der Waals surface area contributed by atoms with E-state index in [1.54, 1.807) is 19.2 Å². The van der Waals surface area contributed by atoms with Crippen LogP contribution in [0.3, 0.4) is 0 Å². The molecule has 110 valence electrons. The predicted octanol–water partition coefficient (Wildman–Crippen LogP) is 3.17. The second-order valence-electron chi connectivity index (χ2n) is 5.68. The fraction of sp³-hybridized carbons (Fsp3) is 0.333. The van der Waals surface area contributed by atoms with Gasteiger partial charge in [-0.15, -0.1) is 0 Å². The summed E-state index contributed by atoms with van der Waals surface area (Å²) in [6.45, 7) is 1.07. The van der Waals surface area contributed by atoms with Gasteiger partial charge in [0.05, 0.1) is 7.11 Å². The van der Waals surface area contributed by atoms with Crippen LogP contribution in [0.4, 0.5) is 0 Å². The number of likely N-dealkylation sites (N-methyl/N-ethyl adjacent to an activating group) is 1. The molecule has 2 aromatic carbocycles. The number of nitrogens with zero attached hydrogens (tertiary/aromatic N) is 1. The van der Waals surface area contributed by atoms with Crippen LogP contribution in [0.15, 0.2) is 42.5 Å². The minimum Gasteiger partial charge on any atom is -0.508 e. The molecule has 3 nitrogen and oxygen atoms in total. The Morgan fingerprint density at radius 1 is 1.19 bits per heavy atom. The Morgan fingerprint density at radius 3 is 2.67 bits per heavy atom. The molecule has 0 saturated heterocycles. The van der Waals surface area contributed by atoms with E-state index in [0.29, 0.717) is 11.8 Å². The Balaban J connectivity index is 1.92. The number of fused-ring (bicyclic) bond motifs is 1. The van der Waals surface area contributed by atoms with Gasteiger partial charge in [0, 0.05) is 12.6 Å². The van der Waals surface area contributed by atoms with Gasteiger partial charge in [0.25, 0.3) is 0 Å². The molecule has 0 fully saturated rings. The molecule has 1 atom stereocenters. The number of ether oxygens (including phenoxy) is 1. The van der Waals surface area contributed by atoms with Crippen molar-refractivity contribution in [2.45, 2.75) is 18.9 Å². The zero-order valence-electron chi connectivity index (χ0n) is 12.5. The Kier molecular flexibility index (Phi) is 3.84. The SMILES string of the molecule is COc1ccc2c(c1)[C@H](Cc1ccc(O)cc1)N(C)CC2. The van der Waals surface area contributed by atoms with Gasteiger partial charge in [-0.3, -0.25) is 4.90 Å². The summed E-state index contributed by atoms with van der Waals surface area (Å²) in [6, 6.07) is 14.3. The first-order valence-electron chi connectivity index (χ1n) is 7.32. The molecule has 1 aliphatic rings. The highest BCUT2D eigenvalue weighted by molar-refractivity contribution is 5.40. The summed E-state index contributed by atoms with van der Waals surface area (Å²) in [4.78, 5) is 2.40. The van der Waals surface area contributed by atoms with Crippen LogP contribution in [-0.2, 0) is 12.8 Å². The van der Waals surface area contributed by atoms with Crippen molar-refractivity contribution < 1.29 is 9.84 Å². The third kappa shape index (κ3) is 2.88. The van der Waals surface area contributed by atoms with E-state index in [9.17, 15) is 5.11 Å². The monoisotopic (exact) mass is 283 g/mol. The number of aromatic hydroxyl groups is 1. The molecule has 0 radical (unpaired) electrons. The molecule has 0 spiro atoms. The summed E-state index contributed by atoms with van der Waals surface area (Å²) in [7, 11) is 3.89. The van der Waals surface area contributed by atoms with Crippen molar-refractivity contribution in [2.24, 2.45) is 0 Å². The summed E-state index contributed by atoms with van der Waals surface area (Å²) in [5, 5.41) is 9.41. The molecule has 21 heavy (non-hydrogen) atoms. The zero-order chi connectivity index (χ0) is 14.8. The van der Waals surface area contributed by atoms with Crippen LogP contribution in [-0.4, -0.2) is 30.7 Å². The first kappa shape index (κ1) is 14.0. The average Bonchev–Trinajstić information content (AvgIpc) is 2.51. The molecule has 1 heterocycles. The first-order chi connectivity index (χ1) is 10.2. The fourth-order valence-electron chi connectivity index (χ4n) is 3.05. The van der Waals surface area contributed by atoms with E-state index in [2.05, 4.69) is 24.1 Å². The van der Waals surface area contributed by atoms with Crippen molar-refractivity contribution in [3.63, 3.8) is 0 Å². The minimum atomic E-state index is 0.317. The van der Waals surface area contributed by atoms with Gasteiger partial charge >= 0.3 is 0 Å². The summed E-state index contributed by atoms with van der Waals surface area (Å²) in [5.74, 6) is 1.23. The Hall–Kier alpha value is -2.00. The predicted molar refractivity (Wildman–Crippen MR) is 83.9 cm³/mol. The van der Waals surface area contributed by atoms with Crippen LogP contribution < -0.4 is 4.74 Å². The van der Waals surface area contributed by atoms with Gasteiger partial charge in [-0.25, -0.2) is 0 Å². The molecule has 3 rings (SSSR count). The molecule has 0 bridgehead atoms. The Labute approximate surface area is 125 Å². The van der Waals surface area contributed by atoms with Crippen molar-refractivity contribution in [1.82, 2.24) is 4.90 Å². The third-order valence-corrected chi connectivity index (χ3v) is 4.34. The summed E-state index contributed by atoms with van der Waals surface area (Å²) >= 11 is 0. The number of benzene rings is 2. The quantitative estimate of drug-likeness (QED) is 0.939. The summed E-state index contributed by atoms with van der Waals surface area (Å²) < 4.78 is 5.38. The van der Waals surface area contributed by atoms with Crippen LogP contribution in [0.1, 0.15) is 22.7 Å². The highest BCUT2D eigenvalue weighted by Crippen LogP contribution is 2.34. The molecular weight excluding hydrogens is 262 g/mol. The van der Waals surface area contributed by atoms with Gasteiger partial charge in [-0.2, -0.15) is 0 Å². The molecule has 2 aromatic rings. The van der Waals surface area contributed by atoms with Gasteiger partial charge in [0.1, 0.15) is 11.5 Å². The largest absolute Gasteiger partial charge is 0.508 e. The van der Waals surface area contributed by atoms with Gasteiger partial charge in [-0.1, -0.05) is 18.2 Å². The van der Waals surface area contributed by atoms with Crippen molar-refractivity contribution in [2.75, 3.05) is 20.7 Å². The second kappa shape index (κ2) is 5.78. The van der Waals surface area contributed by atoms with Crippen LogP contribution in [0.5, 0.6) is 11.5 Å². The number of hydrogen-bond donors (Lipinski definition) is 1. The van der Waals surface area contributed by atoms with E-state index in [1.165, 1.54) is 16.7 Å². The lowest BCUT2D eigenvalue weighted by atomic mass is 9.89. The molecule has 1 aliphatic heterocycles. The van der Waals surface area contributed by atoms with Gasteiger partial charge < -0.3 is 9.84 Å². The van der Waals surface area contributed by atoms with E-state index < -0.39 is 0 Å². The van der Waals surface area contributed by atoms with E-state index in [4.69, 9.17) is 4.74 Å². The van der Waals surface area contributed by atoms with Crippen molar-refractivity contribution in [1.29, 1.82) is 0 Å². The van der Waals surface area contributed by atoms with E-state index in [1.807, 2.05) is 18.2 Å². The molecular formula is C18H21NO2. The molecule has 0 amide bonds. The van der Waals surface area contributed by atoms with Crippen molar-refractivity contribution in [3.05, 3.63) is 59.2 Å². The smallest absolute Gasteiger partial charge is 0.119 e. The van der Waals surface area contributed by atoms with Crippen LogP contribution in [0.25, 0.3) is 0 Å². The van der Waals surface area contributed by atoms with Crippen LogP contribution in [0, 0.1) is 0 Å². The summed E-state index contributed by atoms with van der Waals surface area (Å²) in [6.07, 6.45) is 2.03. The molecule has 0 unspecified atom stereocenters. The Bertz CT molecular complexity index is 622. The van der Waals surface area contributed by atoms with Crippen molar-refractivity contribution >= 4 is 0 Å². The van der Waals surface area contributed by atoms with Gasteiger partial charge in [0.15, 0.2) is 0 Å². The van der Waals surface area contributed by atoms with E-state index in [0.717, 1.165) is 25.1 Å². The number of phenolic OH excluding ortho intramolecular Hbond substituents is 1. The number of rotatable bonds is 3. The zero-order valence-corrected chi connectivity index (χ0v) is 12.5. The number of methoxy groups -OCH3 is 1. The van der Waals surface area contributed by atoms with Gasteiger partial charge in [0.2, 0.25) is 0 Å². The van der Waals surface area contributed by atoms with Crippen LogP contribution >= 0.6 is 0 Å². The molecule has 1 N–H and O–H groups in total. The minimum absolute atomic E-state index is 0.317. The van der Waals surface area contributed by atoms with Crippen molar-refractivity contribution in [3.8, 4) is 11.5 Å². The lowest BCUT2D eigenvalue weighted by molar-refractivity contribution is 0.228. The van der Waals surface area contributed by atoms with E-state index in [-0.39, 0.29) is 0 Å². The standard InChI is InChI=1S/C18H21NO2/c1-19-10-9-14-5-8-16(21-2)12-17(14)18(19)11-13-3-6-15(20)7-4-13/h3-8,12,18,20H,9-11H2,1-2H3/t18-/m0/s1. The maximum absolute atomic E-state index is 9.41. The molecule has 3 heteroatoms. The highest BCUT2D eigenvalue weighted by atomic mass is 16.5.